The molecule has 0 unspecified atom stereocenters. The van der Waals surface area contributed by atoms with Gasteiger partial charge in [-0.1, -0.05) is 19.4 Å². The van der Waals surface area contributed by atoms with E-state index in [0.717, 1.165) is 6.07 Å². The number of hydrogen-bond donors (Lipinski definition) is 3. The van der Waals surface area contributed by atoms with Crippen molar-refractivity contribution in [3.8, 4) is 11.4 Å². The van der Waals surface area contributed by atoms with Crippen molar-refractivity contribution < 1.29 is 24.2 Å². The number of benzene rings is 1. The van der Waals surface area contributed by atoms with Crippen molar-refractivity contribution in [2.45, 2.75) is 31.2 Å². The van der Waals surface area contributed by atoms with Crippen LogP contribution in [0.5, 0.6) is 0 Å². The average molecular weight is 449 g/mol. The minimum absolute atomic E-state index is 0.0255. The fourth-order valence-electron chi connectivity index (χ4n) is 2.80. The Kier molecular flexibility index (Phi) is 4.50. The lowest BCUT2D eigenvalue weighted by molar-refractivity contribution is 0.0940. The molecular formula is C18H20F5N5OS. The summed E-state index contributed by atoms with van der Waals surface area (Å²) < 4.78 is 65.7. The summed E-state index contributed by atoms with van der Waals surface area (Å²) in [5, 5.41) is 2.58. The maximum Gasteiger partial charge on any atom is 0.310 e. The second-order valence-corrected chi connectivity index (χ2v) is 10.2. The standard InChI is InChI=1S/C18H20F5N5OS/c1-10-12-6-11(30(19,20,21,22)23)4-5-13(12)28-16(10)14-7-25-8-15(27-14)17(29)26-9-18(2,3)24/h4-8,28H,9,24H2,1-3H3,(H,26,29). The number of nitrogens with two attached hydrogens (primary N) is 1. The van der Waals surface area contributed by atoms with Crippen molar-refractivity contribution in [2.24, 2.45) is 5.73 Å². The first kappa shape index (κ1) is 22.0. The maximum absolute atomic E-state index is 13.1. The van der Waals surface area contributed by atoms with E-state index in [-0.39, 0.29) is 40.1 Å². The van der Waals surface area contributed by atoms with Crippen LogP contribution in [0, 0.1) is 6.92 Å². The third-order valence-electron chi connectivity index (χ3n) is 4.30. The predicted octanol–water partition coefficient (Wildman–Crippen LogP) is 5.06. The molecule has 0 spiro atoms. The number of aryl methyl sites for hydroxylation is 1. The topological polar surface area (TPSA) is 96.7 Å². The van der Waals surface area contributed by atoms with Crippen LogP contribution in [0.25, 0.3) is 22.3 Å². The molecule has 0 bridgehead atoms. The summed E-state index contributed by atoms with van der Waals surface area (Å²) in [6.45, 7) is 5.10. The van der Waals surface area contributed by atoms with E-state index in [4.69, 9.17) is 5.73 Å². The SMILES string of the molecule is Cc1c(-c2cncc(C(=O)NCC(C)(C)N)n2)[nH]c2ccc(S(F)(F)(F)(F)F)cc12. The van der Waals surface area contributed by atoms with Gasteiger partial charge in [0.2, 0.25) is 0 Å². The van der Waals surface area contributed by atoms with Crippen LogP contribution in [0.2, 0.25) is 0 Å². The number of hydrogen-bond acceptors (Lipinski definition) is 4. The number of nitrogens with zero attached hydrogens (tertiary/aromatic N) is 2. The molecule has 30 heavy (non-hydrogen) atoms. The molecule has 0 fully saturated rings. The number of amides is 1. The zero-order chi connectivity index (χ0) is 22.6. The molecule has 164 valence electrons. The Morgan fingerprint density at radius 2 is 1.87 bits per heavy atom. The number of aromatic amines is 1. The van der Waals surface area contributed by atoms with Gasteiger partial charge in [0.15, 0.2) is 0 Å². The van der Waals surface area contributed by atoms with Crippen LogP contribution in [0.3, 0.4) is 0 Å². The summed E-state index contributed by atoms with van der Waals surface area (Å²) in [5.41, 5.74) is 6.08. The van der Waals surface area contributed by atoms with E-state index in [2.05, 4.69) is 20.3 Å². The first-order valence-electron chi connectivity index (χ1n) is 8.70. The van der Waals surface area contributed by atoms with Crippen molar-refractivity contribution in [3.05, 3.63) is 41.9 Å². The van der Waals surface area contributed by atoms with Gasteiger partial charge in [0.05, 0.1) is 18.1 Å². The molecule has 2 aromatic heterocycles. The fraction of sp³-hybridized carbons (Fsp3) is 0.278. The zero-order valence-electron chi connectivity index (χ0n) is 16.3. The van der Waals surface area contributed by atoms with Crippen LogP contribution in [-0.2, 0) is 0 Å². The predicted molar refractivity (Wildman–Crippen MR) is 106 cm³/mol. The number of halogens is 5. The van der Waals surface area contributed by atoms with Crippen LogP contribution >= 0.6 is 10.2 Å². The van der Waals surface area contributed by atoms with Crippen LogP contribution in [0.1, 0.15) is 29.9 Å². The van der Waals surface area contributed by atoms with Crippen molar-refractivity contribution in [1.82, 2.24) is 20.3 Å². The van der Waals surface area contributed by atoms with Crippen LogP contribution < -0.4 is 11.1 Å². The summed E-state index contributed by atoms with van der Waals surface area (Å²) in [4.78, 5) is 21.3. The molecule has 4 N–H and O–H groups in total. The molecule has 1 amide bonds. The molecular weight excluding hydrogens is 429 g/mol. The van der Waals surface area contributed by atoms with Gasteiger partial charge in [0.25, 0.3) is 5.91 Å². The van der Waals surface area contributed by atoms with Gasteiger partial charge in [-0.3, -0.25) is 9.78 Å². The number of aromatic nitrogens is 3. The highest BCUT2D eigenvalue weighted by Gasteiger charge is 2.65. The molecule has 3 aromatic rings. The molecule has 0 radical (unpaired) electrons. The molecule has 2 heterocycles. The summed E-state index contributed by atoms with van der Waals surface area (Å²) >= 11 is 0. The number of carbonyl (C=O) groups is 1. The van der Waals surface area contributed by atoms with E-state index in [1.54, 1.807) is 13.8 Å². The zero-order valence-corrected chi connectivity index (χ0v) is 17.1. The number of rotatable bonds is 5. The summed E-state index contributed by atoms with van der Waals surface area (Å²) in [6, 6.07) is 1.69. The molecule has 3 rings (SSSR count). The quantitative estimate of drug-likeness (QED) is 0.475. The van der Waals surface area contributed by atoms with Crippen LogP contribution in [0.4, 0.5) is 19.4 Å². The van der Waals surface area contributed by atoms with Crippen molar-refractivity contribution in [3.63, 3.8) is 0 Å². The molecule has 0 aliphatic rings. The minimum atomic E-state index is -9.81. The van der Waals surface area contributed by atoms with Crippen LogP contribution in [-0.4, -0.2) is 32.9 Å². The third kappa shape index (κ3) is 4.70. The minimum Gasteiger partial charge on any atom is -0.353 e. The molecule has 6 nitrogen and oxygen atoms in total. The molecule has 0 aliphatic heterocycles. The summed E-state index contributed by atoms with van der Waals surface area (Å²) in [6.07, 6.45) is 2.54. The van der Waals surface area contributed by atoms with Gasteiger partial charge in [0.1, 0.15) is 16.3 Å². The monoisotopic (exact) mass is 449 g/mol. The van der Waals surface area contributed by atoms with Gasteiger partial charge in [-0.15, -0.1) is 0 Å². The Morgan fingerprint density at radius 1 is 1.20 bits per heavy atom. The highest BCUT2D eigenvalue weighted by Crippen LogP contribution is 3.02. The number of carbonyl (C=O) groups excluding carboxylic acids is 1. The van der Waals surface area contributed by atoms with E-state index >= 15 is 0 Å². The highest BCUT2D eigenvalue weighted by atomic mass is 32.5. The van der Waals surface area contributed by atoms with Gasteiger partial charge in [-0.2, -0.15) is 0 Å². The summed E-state index contributed by atoms with van der Waals surface area (Å²) in [7, 11) is -9.81. The van der Waals surface area contributed by atoms with Crippen molar-refractivity contribution in [2.75, 3.05) is 6.54 Å². The van der Waals surface area contributed by atoms with Crippen LogP contribution in [0.15, 0.2) is 35.5 Å². The highest BCUT2D eigenvalue weighted by molar-refractivity contribution is 8.45. The van der Waals surface area contributed by atoms with E-state index in [1.165, 1.54) is 19.3 Å². The molecule has 1 aromatic carbocycles. The number of fused-ring (bicyclic) bond motifs is 1. The van der Waals surface area contributed by atoms with Crippen molar-refractivity contribution in [1.29, 1.82) is 0 Å². The Balaban J connectivity index is 2.02. The Labute approximate surface area is 168 Å². The van der Waals surface area contributed by atoms with Gasteiger partial charge in [-0.05, 0) is 44.5 Å². The molecule has 0 saturated heterocycles. The Morgan fingerprint density at radius 3 is 2.47 bits per heavy atom. The van der Waals surface area contributed by atoms with Gasteiger partial charge < -0.3 is 16.0 Å². The second kappa shape index (κ2) is 6.14. The lowest BCUT2D eigenvalue weighted by Crippen LogP contribution is -2.45. The number of H-pyrrole nitrogens is 1. The van der Waals surface area contributed by atoms with Gasteiger partial charge in [0, 0.05) is 23.0 Å². The van der Waals surface area contributed by atoms with Gasteiger partial charge >= 0.3 is 10.2 Å². The Bertz CT molecular complexity index is 1150. The molecule has 0 saturated carbocycles. The Hall–Kier alpha value is -2.73. The smallest absolute Gasteiger partial charge is 0.310 e. The fourth-order valence-corrected chi connectivity index (χ4v) is 3.46. The second-order valence-electron chi connectivity index (χ2n) is 7.76. The van der Waals surface area contributed by atoms with E-state index in [0.29, 0.717) is 12.1 Å². The molecule has 12 heteroatoms. The lowest BCUT2D eigenvalue weighted by atomic mass is 10.1. The van der Waals surface area contributed by atoms with E-state index in [1.807, 2.05) is 0 Å². The average Bonchev–Trinajstić information content (AvgIpc) is 2.94. The van der Waals surface area contributed by atoms with Crippen molar-refractivity contribution >= 4 is 27.0 Å². The molecule has 0 aliphatic carbocycles. The number of nitrogens with one attached hydrogen (secondary N) is 2. The maximum atomic E-state index is 13.1. The van der Waals surface area contributed by atoms with E-state index < -0.39 is 26.6 Å². The summed E-state index contributed by atoms with van der Waals surface area (Å²) in [5.74, 6) is -0.528. The van der Waals surface area contributed by atoms with E-state index in [9.17, 15) is 24.2 Å². The normalized spacial score (nSPS) is 15.0. The lowest BCUT2D eigenvalue weighted by Gasteiger charge is -2.40. The third-order valence-corrected chi connectivity index (χ3v) is 5.45. The first-order valence-corrected chi connectivity index (χ1v) is 10.7. The molecule has 0 atom stereocenters. The first-order chi connectivity index (χ1) is 13.4. The largest absolute Gasteiger partial charge is 0.353 e. The van der Waals surface area contributed by atoms with Gasteiger partial charge in [-0.25, -0.2) is 4.98 Å².